The van der Waals surface area contributed by atoms with E-state index < -0.39 is 10.0 Å². The minimum atomic E-state index is -3.71. The van der Waals surface area contributed by atoms with Gasteiger partial charge in [-0.1, -0.05) is 6.07 Å². The van der Waals surface area contributed by atoms with E-state index in [4.69, 9.17) is 5.73 Å². The molecule has 3 N–H and O–H groups in total. The molecule has 1 heterocycles. The SMILES string of the molecule is Cc1ccc(N)c(C)c1NS(=O)(=O)c1cn(C)c(C)n1. The summed E-state index contributed by atoms with van der Waals surface area (Å²) in [7, 11) is -1.97. The van der Waals surface area contributed by atoms with Crippen LogP contribution >= 0.6 is 0 Å². The van der Waals surface area contributed by atoms with Gasteiger partial charge in [0.1, 0.15) is 5.82 Å². The van der Waals surface area contributed by atoms with Gasteiger partial charge in [0.25, 0.3) is 10.0 Å². The largest absolute Gasteiger partial charge is 0.398 e. The van der Waals surface area contributed by atoms with E-state index in [-0.39, 0.29) is 5.03 Å². The zero-order chi connectivity index (χ0) is 15.1. The van der Waals surface area contributed by atoms with Crippen LogP contribution < -0.4 is 10.5 Å². The van der Waals surface area contributed by atoms with Gasteiger partial charge >= 0.3 is 0 Å². The molecule has 1 aromatic heterocycles. The topological polar surface area (TPSA) is 90.0 Å². The summed E-state index contributed by atoms with van der Waals surface area (Å²) in [6.07, 6.45) is 1.48. The average molecular weight is 294 g/mol. The third kappa shape index (κ3) is 2.49. The summed E-state index contributed by atoms with van der Waals surface area (Å²) in [5.41, 5.74) is 8.40. The molecule has 0 aliphatic carbocycles. The Hall–Kier alpha value is -2.02. The van der Waals surface area contributed by atoms with Crippen LogP contribution in [0, 0.1) is 20.8 Å². The summed E-state index contributed by atoms with van der Waals surface area (Å²) in [6, 6.07) is 3.54. The first-order valence-corrected chi connectivity index (χ1v) is 7.59. The van der Waals surface area contributed by atoms with Crippen LogP contribution in [0.2, 0.25) is 0 Å². The first-order valence-electron chi connectivity index (χ1n) is 6.11. The maximum Gasteiger partial charge on any atom is 0.280 e. The lowest BCUT2D eigenvalue weighted by Crippen LogP contribution is -2.15. The lowest BCUT2D eigenvalue weighted by atomic mass is 10.1. The summed E-state index contributed by atoms with van der Waals surface area (Å²) in [5, 5.41) is -0.00118. The minimum absolute atomic E-state index is 0.00118. The molecular weight excluding hydrogens is 276 g/mol. The normalized spacial score (nSPS) is 11.6. The van der Waals surface area contributed by atoms with Crippen molar-refractivity contribution < 1.29 is 8.42 Å². The van der Waals surface area contributed by atoms with Crippen molar-refractivity contribution in [2.24, 2.45) is 7.05 Å². The van der Waals surface area contributed by atoms with Crippen molar-refractivity contribution in [2.45, 2.75) is 25.8 Å². The summed E-state index contributed by atoms with van der Waals surface area (Å²) in [4.78, 5) is 4.04. The number of benzene rings is 1. The molecule has 0 saturated heterocycles. The number of aromatic nitrogens is 2. The van der Waals surface area contributed by atoms with E-state index in [1.165, 1.54) is 6.20 Å². The van der Waals surface area contributed by atoms with Gasteiger partial charge < -0.3 is 10.3 Å². The Labute approximate surface area is 118 Å². The maximum atomic E-state index is 12.4. The molecule has 0 unspecified atom stereocenters. The number of anilines is 2. The van der Waals surface area contributed by atoms with Gasteiger partial charge in [-0.2, -0.15) is 8.42 Å². The third-order valence-electron chi connectivity index (χ3n) is 3.31. The Balaban J connectivity index is 2.46. The first-order chi connectivity index (χ1) is 9.22. The molecule has 0 aliphatic heterocycles. The number of nitrogens with one attached hydrogen (secondary N) is 1. The Kier molecular flexibility index (Phi) is 3.47. The summed E-state index contributed by atoms with van der Waals surface area (Å²) in [5.74, 6) is 0.631. The number of nitrogens with zero attached hydrogens (tertiary/aromatic N) is 2. The highest BCUT2D eigenvalue weighted by atomic mass is 32.2. The monoisotopic (exact) mass is 294 g/mol. The molecule has 108 valence electrons. The number of hydrogen-bond donors (Lipinski definition) is 2. The van der Waals surface area contributed by atoms with Gasteiger partial charge in [0, 0.05) is 18.9 Å². The van der Waals surface area contributed by atoms with Crippen LogP contribution in [0.3, 0.4) is 0 Å². The molecule has 20 heavy (non-hydrogen) atoms. The second kappa shape index (κ2) is 4.82. The molecule has 0 fully saturated rings. The van der Waals surface area contributed by atoms with Gasteiger partial charge in [-0.3, -0.25) is 4.72 Å². The van der Waals surface area contributed by atoms with Crippen molar-refractivity contribution >= 4 is 21.4 Å². The molecule has 0 spiro atoms. The van der Waals surface area contributed by atoms with E-state index in [1.54, 1.807) is 37.6 Å². The fourth-order valence-electron chi connectivity index (χ4n) is 1.86. The van der Waals surface area contributed by atoms with Crippen LogP contribution in [-0.2, 0) is 17.1 Å². The fraction of sp³-hybridized carbons (Fsp3) is 0.308. The van der Waals surface area contributed by atoms with E-state index in [1.807, 2.05) is 6.92 Å². The van der Waals surface area contributed by atoms with Crippen LogP contribution in [0.5, 0.6) is 0 Å². The summed E-state index contributed by atoms with van der Waals surface area (Å²) < 4.78 is 28.9. The Bertz CT molecular complexity index is 743. The van der Waals surface area contributed by atoms with Crippen LogP contribution in [0.25, 0.3) is 0 Å². The zero-order valence-corrected chi connectivity index (χ0v) is 12.7. The predicted octanol–water partition coefficient (Wildman–Crippen LogP) is 1.73. The highest BCUT2D eigenvalue weighted by Crippen LogP contribution is 2.27. The standard InChI is InChI=1S/C13H18N4O2S/c1-8-5-6-11(14)9(2)13(8)16-20(18,19)12-7-17(4)10(3)15-12/h5-7,16H,14H2,1-4H3. The quantitative estimate of drug-likeness (QED) is 0.844. The summed E-state index contributed by atoms with van der Waals surface area (Å²) in [6.45, 7) is 5.36. The predicted molar refractivity (Wildman–Crippen MR) is 79.1 cm³/mol. The highest BCUT2D eigenvalue weighted by Gasteiger charge is 2.20. The van der Waals surface area contributed by atoms with Crippen molar-refractivity contribution in [3.63, 3.8) is 0 Å². The number of hydrogen-bond acceptors (Lipinski definition) is 4. The average Bonchev–Trinajstić information content (AvgIpc) is 2.71. The number of sulfonamides is 1. The molecule has 0 saturated carbocycles. The van der Waals surface area contributed by atoms with Crippen LogP contribution in [0.15, 0.2) is 23.4 Å². The molecule has 6 nitrogen and oxygen atoms in total. The van der Waals surface area contributed by atoms with Crippen molar-refractivity contribution in [3.8, 4) is 0 Å². The Morgan fingerprint density at radius 1 is 1.25 bits per heavy atom. The van der Waals surface area contributed by atoms with Crippen molar-refractivity contribution in [3.05, 3.63) is 35.3 Å². The molecule has 1 aromatic carbocycles. The van der Waals surface area contributed by atoms with E-state index in [9.17, 15) is 8.42 Å². The molecule has 0 radical (unpaired) electrons. The molecule has 0 aliphatic rings. The van der Waals surface area contributed by atoms with E-state index in [0.717, 1.165) is 5.56 Å². The lowest BCUT2D eigenvalue weighted by Gasteiger charge is -2.13. The summed E-state index contributed by atoms with van der Waals surface area (Å²) >= 11 is 0. The number of aryl methyl sites for hydroxylation is 3. The van der Waals surface area contributed by atoms with Gasteiger partial charge in [0.15, 0.2) is 5.03 Å². The lowest BCUT2D eigenvalue weighted by molar-refractivity contribution is 0.598. The number of rotatable bonds is 3. The van der Waals surface area contributed by atoms with E-state index >= 15 is 0 Å². The maximum absolute atomic E-state index is 12.4. The van der Waals surface area contributed by atoms with Crippen molar-refractivity contribution in [1.29, 1.82) is 0 Å². The molecular formula is C13H18N4O2S. The van der Waals surface area contributed by atoms with Gasteiger partial charge in [0.05, 0.1) is 5.69 Å². The minimum Gasteiger partial charge on any atom is -0.398 e. The molecule has 2 rings (SSSR count). The molecule has 7 heteroatoms. The third-order valence-corrected chi connectivity index (χ3v) is 4.53. The van der Waals surface area contributed by atoms with Crippen LogP contribution in [0.1, 0.15) is 17.0 Å². The number of nitrogens with two attached hydrogens (primary N) is 1. The van der Waals surface area contributed by atoms with Gasteiger partial charge in [-0.25, -0.2) is 4.98 Å². The Morgan fingerprint density at radius 3 is 2.45 bits per heavy atom. The Morgan fingerprint density at radius 2 is 1.90 bits per heavy atom. The number of imidazole rings is 1. The van der Waals surface area contributed by atoms with Crippen molar-refractivity contribution in [1.82, 2.24) is 9.55 Å². The molecule has 0 bridgehead atoms. The number of nitrogen functional groups attached to an aromatic ring is 1. The zero-order valence-electron chi connectivity index (χ0n) is 11.9. The van der Waals surface area contributed by atoms with Crippen LogP contribution in [-0.4, -0.2) is 18.0 Å². The second-order valence-corrected chi connectivity index (χ2v) is 6.44. The highest BCUT2D eigenvalue weighted by molar-refractivity contribution is 7.92. The molecule has 0 amide bonds. The molecule has 2 aromatic rings. The molecule has 0 atom stereocenters. The van der Waals surface area contributed by atoms with Gasteiger partial charge in [0.2, 0.25) is 0 Å². The van der Waals surface area contributed by atoms with Crippen molar-refractivity contribution in [2.75, 3.05) is 10.5 Å². The van der Waals surface area contributed by atoms with Crippen LogP contribution in [0.4, 0.5) is 11.4 Å². The fourth-order valence-corrected chi connectivity index (χ4v) is 3.10. The first kappa shape index (κ1) is 14.4. The smallest absolute Gasteiger partial charge is 0.280 e. The second-order valence-electron chi connectivity index (χ2n) is 4.81. The van der Waals surface area contributed by atoms with Gasteiger partial charge in [-0.15, -0.1) is 0 Å². The van der Waals surface area contributed by atoms with Gasteiger partial charge in [-0.05, 0) is 38.0 Å². The van der Waals surface area contributed by atoms with E-state index in [0.29, 0.717) is 22.8 Å². The van der Waals surface area contributed by atoms with E-state index in [2.05, 4.69) is 9.71 Å².